The van der Waals surface area contributed by atoms with Gasteiger partial charge in [0.1, 0.15) is 0 Å². The minimum atomic E-state index is 0.540. The highest BCUT2D eigenvalue weighted by atomic mass is 16.5. The predicted octanol–water partition coefficient (Wildman–Crippen LogP) is 3.17. The molecule has 1 rings (SSSR count). The van der Waals surface area contributed by atoms with Crippen LogP contribution in [0.4, 0.5) is 0 Å². The van der Waals surface area contributed by atoms with Crippen molar-refractivity contribution in [3.05, 3.63) is 0 Å². The minimum Gasteiger partial charge on any atom is -0.380 e. The van der Waals surface area contributed by atoms with Gasteiger partial charge in [-0.1, -0.05) is 34.1 Å². The Hall–Kier alpha value is -0.0800. The van der Waals surface area contributed by atoms with Crippen LogP contribution >= 0.6 is 0 Å². The van der Waals surface area contributed by atoms with Crippen LogP contribution in [-0.4, -0.2) is 38.3 Å². The lowest BCUT2D eigenvalue weighted by Crippen LogP contribution is -2.44. The summed E-state index contributed by atoms with van der Waals surface area (Å²) in [5.74, 6) is 0. The molecule has 15 heavy (non-hydrogen) atoms. The van der Waals surface area contributed by atoms with Gasteiger partial charge in [-0.15, -0.1) is 0 Å². The summed E-state index contributed by atoms with van der Waals surface area (Å²) in [6, 6.07) is 0. The van der Waals surface area contributed by atoms with Crippen molar-refractivity contribution in [1.82, 2.24) is 4.90 Å². The van der Waals surface area contributed by atoms with Crippen LogP contribution in [0.1, 0.15) is 47.0 Å². The molecule has 0 radical (unpaired) electrons. The van der Waals surface area contributed by atoms with Gasteiger partial charge in [-0.25, -0.2) is 0 Å². The first kappa shape index (κ1) is 14.9. The summed E-state index contributed by atoms with van der Waals surface area (Å²) >= 11 is 0. The minimum absolute atomic E-state index is 0.540. The van der Waals surface area contributed by atoms with Gasteiger partial charge >= 0.3 is 0 Å². The topological polar surface area (TPSA) is 12.5 Å². The van der Waals surface area contributed by atoms with Crippen molar-refractivity contribution in [1.29, 1.82) is 0 Å². The van der Waals surface area contributed by atoms with Crippen molar-refractivity contribution in [2.24, 2.45) is 5.41 Å². The van der Waals surface area contributed by atoms with Crippen LogP contribution in [0.25, 0.3) is 0 Å². The molecular formula is C13H29NO. The maximum absolute atomic E-state index is 5.34. The molecular weight excluding hydrogens is 186 g/mol. The van der Waals surface area contributed by atoms with E-state index in [2.05, 4.69) is 25.8 Å². The fourth-order valence-electron chi connectivity index (χ4n) is 1.92. The van der Waals surface area contributed by atoms with Gasteiger partial charge in [0.15, 0.2) is 0 Å². The third kappa shape index (κ3) is 4.98. The molecule has 0 atom stereocenters. The fourth-order valence-corrected chi connectivity index (χ4v) is 1.92. The molecule has 2 nitrogen and oxygen atoms in total. The van der Waals surface area contributed by atoms with Crippen molar-refractivity contribution in [2.45, 2.75) is 47.0 Å². The van der Waals surface area contributed by atoms with Crippen molar-refractivity contribution in [2.75, 3.05) is 33.4 Å². The standard InChI is InChI=1S/C11H23NO.C2H6/c1-4-6-11(9-13-10-11)7-8-12(3)5-2;1-2/h4-10H2,1-3H3;1-2H3. The average Bonchev–Trinajstić information content (AvgIpc) is 2.24. The quantitative estimate of drug-likeness (QED) is 0.675. The van der Waals surface area contributed by atoms with Crippen molar-refractivity contribution in [3.8, 4) is 0 Å². The third-order valence-electron chi connectivity index (χ3n) is 3.16. The van der Waals surface area contributed by atoms with E-state index in [1.54, 1.807) is 0 Å². The average molecular weight is 215 g/mol. The van der Waals surface area contributed by atoms with Crippen LogP contribution in [0.5, 0.6) is 0 Å². The lowest BCUT2D eigenvalue weighted by Gasteiger charge is -2.42. The van der Waals surface area contributed by atoms with Gasteiger partial charge in [0.25, 0.3) is 0 Å². The van der Waals surface area contributed by atoms with E-state index in [0.29, 0.717) is 5.41 Å². The SMILES string of the molecule is CC.CCCC1(CCN(C)CC)COC1. The first-order valence-electron chi connectivity index (χ1n) is 6.49. The summed E-state index contributed by atoms with van der Waals surface area (Å²) in [5, 5.41) is 0. The molecule has 1 heterocycles. The number of hydrogen-bond donors (Lipinski definition) is 0. The lowest BCUT2D eigenvalue weighted by molar-refractivity contribution is -0.124. The molecule has 0 aromatic carbocycles. The zero-order chi connectivity index (χ0) is 11.7. The monoisotopic (exact) mass is 215 g/mol. The fraction of sp³-hybridized carbons (Fsp3) is 1.00. The van der Waals surface area contributed by atoms with Gasteiger partial charge in [-0.05, 0) is 33.0 Å². The maximum Gasteiger partial charge on any atom is 0.0545 e. The molecule has 0 amide bonds. The summed E-state index contributed by atoms with van der Waals surface area (Å²) < 4.78 is 5.34. The van der Waals surface area contributed by atoms with Gasteiger partial charge in [-0.3, -0.25) is 0 Å². The van der Waals surface area contributed by atoms with Crippen LogP contribution in [-0.2, 0) is 4.74 Å². The Morgan fingerprint density at radius 2 is 1.73 bits per heavy atom. The Balaban J connectivity index is 0.000000921. The highest BCUT2D eigenvalue weighted by Crippen LogP contribution is 2.36. The number of ether oxygens (including phenoxy) is 1. The largest absolute Gasteiger partial charge is 0.380 e. The summed E-state index contributed by atoms with van der Waals surface area (Å²) in [4.78, 5) is 2.38. The molecule has 0 aromatic heterocycles. The van der Waals surface area contributed by atoms with E-state index in [0.717, 1.165) is 19.8 Å². The van der Waals surface area contributed by atoms with Gasteiger partial charge in [0.2, 0.25) is 0 Å². The van der Waals surface area contributed by atoms with Crippen molar-refractivity contribution in [3.63, 3.8) is 0 Å². The summed E-state index contributed by atoms with van der Waals surface area (Å²) in [6.45, 7) is 12.9. The van der Waals surface area contributed by atoms with E-state index < -0.39 is 0 Å². The van der Waals surface area contributed by atoms with E-state index in [-0.39, 0.29) is 0 Å². The molecule has 1 saturated heterocycles. The highest BCUT2D eigenvalue weighted by Gasteiger charge is 2.36. The molecule has 1 fully saturated rings. The number of rotatable bonds is 6. The van der Waals surface area contributed by atoms with Crippen LogP contribution in [0, 0.1) is 5.41 Å². The van der Waals surface area contributed by atoms with E-state index in [1.165, 1.54) is 25.8 Å². The molecule has 0 aliphatic carbocycles. The van der Waals surface area contributed by atoms with E-state index in [9.17, 15) is 0 Å². The van der Waals surface area contributed by atoms with Gasteiger partial charge in [-0.2, -0.15) is 0 Å². The van der Waals surface area contributed by atoms with Crippen LogP contribution in [0.2, 0.25) is 0 Å². The third-order valence-corrected chi connectivity index (χ3v) is 3.16. The Labute approximate surface area is 96.0 Å². The second-order valence-corrected chi connectivity index (χ2v) is 4.39. The highest BCUT2D eigenvalue weighted by molar-refractivity contribution is 4.85. The smallest absolute Gasteiger partial charge is 0.0545 e. The normalized spacial score (nSPS) is 18.0. The summed E-state index contributed by atoms with van der Waals surface area (Å²) in [7, 11) is 2.19. The van der Waals surface area contributed by atoms with E-state index >= 15 is 0 Å². The molecule has 92 valence electrons. The Bertz CT molecular complexity index is 143. The van der Waals surface area contributed by atoms with Crippen LogP contribution in [0.15, 0.2) is 0 Å². The van der Waals surface area contributed by atoms with Gasteiger partial charge in [0.05, 0.1) is 13.2 Å². The Morgan fingerprint density at radius 3 is 2.07 bits per heavy atom. The number of nitrogens with zero attached hydrogens (tertiary/aromatic N) is 1. The molecule has 0 bridgehead atoms. The summed E-state index contributed by atoms with van der Waals surface area (Å²) in [6.07, 6.45) is 3.94. The predicted molar refractivity (Wildman–Crippen MR) is 67.3 cm³/mol. The first-order chi connectivity index (χ1) is 7.22. The molecule has 0 saturated carbocycles. The zero-order valence-corrected chi connectivity index (χ0v) is 11.3. The second-order valence-electron chi connectivity index (χ2n) is 4.39. The molecule has 1 aliphatic heterocycles. The molecule has 2 heteroatoms. The number of hydrogen-bond acceptors (Lipinski definition) is 2. The Morgan fingerprint density at radius 1 is 1.13 bits per heavy atom. The van der Waals surface area contributed by atoms with Crippen molar-refractivity contribution >= 4 is 0 Å². The Kier molecular flexibility index (Phi) is 8.07. The lowest BCUT2D eigenvalue weighted by atomic mass is 9.78. The molecule has 0 unspecified atom stereocenters. The van der Waals surface area contributed by atoms with Crippen LogP contribution in [0.3, 0.4) is 0 Å². The molecule has 0 aromatic rings. The van der Waals surface area contributed by atoms with E-state index in [1.807, 2.05) is 13.8 Å². The first-order valence-corrected chi connectivity index (χ1v) is 6.49. The van der Waals surface area contributed by atoms with Gasteiger partial charge in [0, 0.05) is 5.41 Å². The zero-order valence-electron chi connectivity index (χ0n) is 11.3. The summed E-state index contributed by atoms with van der Waals surface area (Å²) in [5.41, 5.74) is 0.540. The van der Waals surface area contributed by atoms with Crippen LogP contribution < -0.4 is 0 Å². The molecule has 1 aliphatic rings. The van der Waals surface area contributed by atoms with E-state index in [4.69, 9.17) is 4.74 Å². The molecule has 0 N–H and O–H groups in total. The van der Waals surface area contributed by atoms with Crippen molar-refractivity contribution < 1.29 is 4.74 Å². The maximum atomic E-state index is 5.34. The van der Waals surface area contributed by atoms with Gasteiger partial charge < -0.3 is 9.64 Å². The molecule has 0 spiro atoms. The second kappa shape index (κ2) is 8.12.